The van der Waals surface area contributed by atoms with Crippen LogP contribution in [0.3, 0.4) is 0 Å². The minimum absolute atomic E-state index is 0.352. The van der Waals surface area contributed by atoms with Gasteiger partial charge >= 0.3 is 0 Å². The van der Waals surface area contributed by atoms with Crippen molar-refractivity contribution in [2.45, 2.75) is 63.6 Å². The van der Waals surface area contributed by atoms with E-state index in [4.69, 9.17) is 10.5 Å². The van der Waals surface area contributed by atoms with Gasteiger partial charge in [0.25, 0.3) is 0 Å². The van der Waals surface area contributed by atoms with E-state index in [1.165, 1.54) is 45.1 Å². The molecule has 0 aromatic carbocycles. The zero-order valence-electron chi connectivity index (χ0n) is 11.0. The highest BCUT2D eigenvalue weighted by atomic mass is 16.5. The molecule has 4 unspecified atom stereocenters. The first kappa shape index (κ1) is 11.9. The molecule has 3 fully saturated rings. The maximum absolute atomic E-state index is 6.31. The van der Waals surface area contributed by atoms with Crippen molar-refractivity contribution in [3.8, 4) is 0 Å². The van der Waals surface area contributed by atoms with Gasteiger partial charge in [-0.25, -0.2) is 0 Å². The van der Waals surface area contributed by atoms with E-state index >= 15 is 0 Å². The molecule has 1 heterocycles. The quantitative estimate of drug-likeness (QED) is 0.796. The minimum atomic E-state index is 0.352. The van der Waals surface area contributed by atoms with E-state index < -0.39 is 0 Å². The van der Waals surface area contributed by atoms with Crippen LogP contribution in [0.25, 0.3) is 0 Å². The number of nitrogens with two attached hydrogens (primary N) is 1. The van der Waals surface area contributed by atoms with Gasteiger partial charge in [-0.3, -0.25) is 4.90 Å². The van der Waals surface area contributed by atoms with Crippen LogP contribution in [0.2, 0.25) is 0 Å². The summed E-state index contributed by atoms with van der Waals surface area (Å²) in [6, 6.07) is 1.10. The summed E-state index contributed by atoms with van der Waals surface area (Å²) in [5.74, 6) is 0. The summed E-state index contributed by atoms with van der Waals surface area (Å²) in [5, 5.41) is 0. The second-order valence-electron chi connectivity index (χ2n) is 6.53. The number of ether oxygens (including phenoxy) is 1. The Morgan fingerprint density at radius 2 is 2.18 bits per heavy atom. The first-order chi connectivity index (χ1) is 8.19. The number of rotatable bonds is 2. The van der Waals surface area contributed by atoms with Crippen LogP contribution in [-0.4, -0.2) is 42.8 Å². The summed E-state index contributed by atoms with van der Waals surface area (Å²) in [6.45, 7) is 5.62. The first-order valence-corrected chi connectivity index (χ1v) is 7.30. The monoisotopic (exact) mass is 238 g/mol. The van der Waals surface area contributed by atoms with Crippen molar-refractivity contribution in [3.63, 3.8) is 0 Å². The number of hydrogen-bond donors (Lipinski definition) is 1. The smallest absolute Gasteiger partial charge is 0.0730 e. The Bertz CT molecular complexity index is 283. The Morgan fingerprint density at radius 3 is 2.94 bits per heavy atom. The molecule has 3 heteroatoms. The topological polar surface area (TPSA) is 38.5 Å². The highest BCUT2D eigenvalue weighted by molar-refractivity contribution is 4.97. The van der Waals surface area contributed by atoms with Crippen molar-refractivity contribution < 1.29 is 4.74 Å². The maximum atomic E-state index is 6.31. The highest BCUT2D eigenvalue weighted by Gasteiger charge is 2.42. The molecule has 4 atom stereocenters. The lowest BCUT2D eigenvalue weighted by Crippen LogP contribution is -2.54. The average molecular weight is 238 g/mol. The van der Waals surface area contributed by atoms with E-state index in [9.17, 15) is 0 Å². The van der Waals surface area contributed by atoms with Gasteiger partial charge in [-0.2, -0.15) is 0 Å². The second-order valence-corrected chi connectivity index (χ2v) is 6.53. The zero-order chi connectivity index (χ0) is 11.9. The third-order valence-electron chi connectivity index (χ3n) is 5.32. The van der Waals surface area contributed by atoms with Crippen LogP contribution >= 0.6 is 0 Å². The molecule has 0 spiro atoms. The van der Waals surface area contributed by atoms with Gasteiger partial charge in [-0.1, -0.05) is 13.3 Å². The molecule has 3 aliphatic rings. The van der Waals surface area contributed by atoms with Gasteiger partial charge in [0, 0.05) is 25.2 Å². The summed E-state index contributed by atoms with van der Waals surface area (Å²) in [7, 11) is 0. The summed E-state index contributed by atoms with van der Waals surface area (Å²) >= 11 is 0. The first-order valence-electron chi connectivity index (χ1n) is 7.30. The zero-order valence-corrected chi connectivity index (χ0v) is 11.0. The summed E-state index contributed by atoms with van der Waals surface area (Å²) in [5.41, 5.74) is 6.66. The van der Waals surface area contributed by atoms with Crippen LogP contribution in [0.15, 0.2) is 0 Å². The standard InChI is InChI=1S/C14H26N2O/c1-14(7-3-6-13(14)15)10-16-8-9-17-12-5-2-4-11(12)16/h11-13H,2-10,15H2,1H3. The molecule has 98 valence electrons. The molecular formula is C14H26N2O. The Morgan fingerprint density at radius 1 is 1.29 bits per heavy atom. The predicted molar refractivity (Wildman–Crippen MR) is 68.9 cm³/mol. The Labute approximate surface area is 105 Å². The summed E-state index contributed by atoms with van der Waals surface area (Å²) in [4.78, 5) is 2.69. The Hall–Kier alpha value is -0.120. The average Bonchev–Trinajstić information content (AvgIpc) is 2.88. The molecule has 1 saturated heterocycles. The van der Waals surface area contributed by atoms with E-state index in [2.05, 4.69) is 11.8 Å². The number of morpholine rings is 1. The van der Waals surface area contributed by atoms with Crippen LogP contribution in [0.5, 0.6) is 0 Å². The van der Waals surface area contributed by atoms with Crippen LogP contribution in [0.4, 0.5) is 0 Å². The van der Waals surface area contributed by atoms with Crippen molar-refractivity contribution in [3.05, 3.63) is 0 Å². The number of hydrogen-bond acceptors (Lipinski definition) is 3. The fourth-order valence-electron chi connectivity index (χ4n) is 4.12. The molecule has 0 aromatic rings. The largest absolute Gasteiger partial charge is 0.375 e. The number of fused-ring (bicyclic) bond motifs is 1. The molecular weight excluding hydrogens is 212 g/mol. The second kappa shape index (κ2) is 4.52. The lowest BCUT2D eigenvalue weighted by molar-refractivity contribution is -0.0679. The summed E-state index contributed by atoms with van der Waals surface area (Å²) < 4.78 is 5.88. The van der Waals surface area contributed by atoms with Gasteiger partial charge in [0.2, 0.25) is 0 Å². The molecule has 0 amide bonds. The Balaban J connectivity index is 1.67. The van der Waals surface area contributed by atoms with E-state index in [-0.39, 0.29) is 0 Å². The van der Waals surface area contributed by atoms with Crippen molar-refractivity contribution in [2.24, 2.45) is 11.1 Å². The fraction of sp³-hybridized carbons (Fsp3) is 1.00. The van der Waals surface area contributed by atoms with E-state index in [0.717, 1.165) is 13.2 Å². The third kappa shape index (κ3) is 2.13. The molecule has 2 saturated carbocycles. The van der Waals surface area contributed by atoms with Gasteiger partial charge in [-0.15, -0.1) is 0 Å². The Kier molecular flexibility index (Phi) is 3.18. The van der Waals surface area contributed by atoms with Crippen molar-refractivity contribution in [1.82, 2.24) is 4.90 Å². The maximum Gasteiger partial charge on any atom is 0.0730 e. The molecule has 3 rings (SSSR count). The van der Waals surface area contributed by atoms with Crippen molar-refractivity contribution in [1.29, 1.82) is 0 Å². The molecule has 17 heavy (non-hydrogen) atoms. The third-order valence-corrected chi connectivity index (χ3v) is 5.32. The van der Waals surface area contributed by atoms with Gasteiger partial charge in [-0.05, 0) is 37.5 Å². The SMILES string of the molecule is CC1(CN2CCOC3CCCC32)CCCC1N. The van der Waals surface area contributed by atoms with Gasteiger partial charge < -0.3 is 10.5 Å². The number of nitrogens with zero attached hydrogens (tertiary/aromatic N) is 1. The van der Waals surface area contributed by atoms with Gasteiger partial charge in [0.15, 0.2) is 0 Å². The van der Waals surface area contributed by atoms with E-state index in [1.807, 2.05) is 0 Å². The lowest BCUT2D eigenvalue weighted by atomic mass is 9.84. The van der Waals surface area contributed by atoms with Crippen LogP contribution < -0.4 is 5.73 Å². The molecule has 0 aromatic heterocycles. The van der Waals surface area contributed by atoms with Gasteiger partial charge in [0.1, 0.15) is 0 Å². The molecule has 0 radical (unpaired) electrons. The van der Waals surface area contributed by atoms with Crippen LogP contribution in [-0.2, 0) is 4.74 Å². The highest BCUT2D eigenvalue weighted by Crippen LogP contribution is 2.39. The van der Waals surface area contributed by atoms with Crippen molar-refractivity contribution in [2.75, 3.05) is 19.7 Å². The lowest BCUT2D eigenvalue weighted by Gasteiger charge is -2.43. The van der Waals surface area contributed by atoms with Crippen LogP contribution in [0, 0.1) is 5.41 Å². The fourth-order valence-corrected chi connectivity index (χ4v) is 4.12. The molecule has 2 N–H and O–H groups in total. The van der Waals surface area contributed by atoms with E-state index in [0.29, 0.717) is 23.6 Å². The molecule has 0 bridgehead atoms. The molecule has 2 aliphatic carbocycles. The summed E-state index contributed by atoms with van der Waals surface area (Å²) in [6.07, 6.45) is 8.30. The van der Waals surface area contributed by atoms with Crippen LogP contribution in [0.1, 0.15) is 45.4 Å². The molecule has 1 aliphatic heterocycles. The predicted octanol–water partition coefficient (Wildman–Crippen LogP) is 1.76. The van der Waals surface area contributed by atoms with E-state index in [1.54, 1.807) is 0 Å². The normalized spacial score (nSPS) is 47.3. The van der Waals surface area contributed by atoms with Crippen molar-refractivity contribution >= 4 is 0 Å². The molecule has 3 nitrogen and oxygen atoms in total. The van der Waals surface area contributed by atoms with Gasteiger partial charge in [0.05, 0.1) is 12.7 Å². The minimum Gasteiger partial charge on any atom is -0.375 e.